The van der Waals surface area contributed by atoms with Crippen LogP contribution in [0.15, 0.2) is 23.1 Å². The van der Waals surface area contributed by atoms with E-state index in [0.717, 1.165) is 19.2 Å². The van der Waals surface area contributed by atoms with E-state index in [0.29, 0.717) is 30.8 Å². The molecule has 0 atom stereocenters. The van der Waals surface area contributed by atoms with Gasteiger partial charge in [0.15, 0.2) is 0 Å². The average molecular weight is 359 g/mol. The van der Waals surface area contributed by atoms with E-state index in [1.54, 1.807) is 10.6 Å². The van der Waals surface area contributed by atoms with E-state index in [9.17, 15) is 14.0 Å². The molecule has 0 saturated carbocycles. The largest absolute Gasteiger partial charge is 1.00 e. The molecule has 1 saturated heterocycles. The number of carbonyl (C=O) groups is 1. The van der Waals surface area contributed by atoms with Gasteiger partial charge in [-0.3, -0.25) is 4.79 Å². The van der Waals surface area contributed by atoms with Crippen LogP contribution in [0.4, 0.5) is 10.1 Å². The van der Waals surface area contributed by atoms with Crippen molar-refractivity contribution < 1.29 is 67.1 Å². The predicted molar refractivity (Wildman–Crippen MR) is 87.0 cm³/mol. The van der Waals surface area contributed by atoms with Crippen LogP contribution in [0, 0.1) is 5.82 Å². The molecule has 0 bridgehead atoms. The summed E-state index contributed by atoms with van der Waals surface area (Å²) < 4.78 is 16.2. The fraction of sp³-hybridized carbons (Fsp3) is 0.375. The molecular weight excluding hydrogens is 340 g/mol. The van der Waals surface area contributed by atoms with Crippen molar-refractivity contribution in [2.45, 2.75) is 13.5 Å². The number of benzene rings is 1. The summed E-state index contributed by atoms with van der Waals surface area (Å²) in [6, 6.07) is 2.81. The maximum absolute atomic E-state index is 14.5. The second-order valence-corrected chi connectivity index (χ2v) is 5.52. The van der Waals surface area contributed by atoms with Gasteiger partial charge in [-0.1, -0.05) is 0 Å². The standard InChI is InChI=1S/C16H18FN3O3.K.H/c1-2-19-9-11(16(22)23)15(21)10-7-12(17)14(8-13(10)19)20-5-3-18-4-6-20;;/h7-9,18H,2-6H2,1H3,(H,22,23);;/q;+1;-1. The number of carboxylic acid groups (broad SMARTS) is 1. The Kier molecular flexibility index (Phi) is 6.57. The van der Waals surface area contributed by atoms with E-state index < -0.39 is 17.2 Å². The number of rotatable bonds is 3. The molecule has 1 fully saturated rings. The van der Waals surface area contributed by atoms with Gasteiger partial charge < -0.3 is 21.3 Å². The van der Waals surface area contributed by atoms with Gasteiger partial charge in [0.25, 0.3) is 0 Å². The van der Waals surface area contributed by atoms with Crippen molar-refractivity contribution >= 4 is 22.6 Å². The number of pyridine rings is 1. The second-order valence-electron chi connectivity index (χ2n) is 5.52. The van der Waals surface area contributed by atoms with Gasteiger partial charge in [0.05, 0.1) is 11.2 Å². The monoisotopic (exact) mass is 359 g/mol. The average Bonchev–Trinajstić information content (AvgIpc) is 2.55. The third-order valence-electron chi connectivity index (χ3n) is 4.18. The van der Waals surface area contributed by atoms with Crippen molar-refractivity contribution in [3.05, 3.63) is 39.9 Å². The summed E-state index contributed by atoms with van der Waals surface area (Å²) in [5.41, 5.74) is 0.0118. The molecule has 1 aliphatic heterocycles. The van der Waals surface area contributed by atoms with Crippen molar-refractivity contribution in [2.24, 2.45) is 0 Å². The normalized spacial score (nSPS) is 14.5. The number of hydrogen-bond acceptors (Lipinski definition) is 4. The number of hydrogen-bond donors (Lipinski definition) is 2. The molecule has 2 aromatic rings. The number of nitrogens with one attached hydrogen (secondary N) is 1. The molecule has 0 spiro atoms. The number of fused-ring (bicyclic) bond motifs is 1. The fourth-order valence-corrected chi connectivity index (χ4v) is 2.96. The number of anilines is 1. The molecule has 0 radical (unpaired) electrons. The van der Waals surface area contributed by atoms with Gasteiger partial charge in [0.1, 0.15) is 11.4 Å². The van der Waals surface area contributed by atoms with Crippen LogP contribution in [-0.4, -0.2) is 41.8 Å². The maximum Gasteiger partial charge on any atom is 1.00 e. The van der Waals surface area contributed by atoms with Crippen molar-refractivity contribution in [3.63, 3.8) is 0 Å². The van der Waals surface area contributed by atoms with Crippen LogP contribution in [0.2, 0.25) is 0 Å². The number of carboxylic acids is 1. The van der Waals surface area contributed by atoms with Crippen LogP contribution < -0.4 is 67.0 Å². The van der Waals surface area contributed by atoms with E-state index in [1.165, 1.54) is 6.20 Å². The third kappa shape index (κ3) is 3.58. The quantitative estimate of drug-likeness (QED) is 0.645. The predicted octanol–water partition coefficient (Wildman–Crippen LogP) is -1.62. The Bertz CT molecular complexity index is 837. The molecule has 0 unspecified atom stereocenters. The number of halogens is 1. The zero-order chi connectivity index (χ0) is 16.6. The molecule has 1 aliphatic rings. The Hall–Kier alpha value is -0.774. The zero-order valence-corrected chi connectivity index (χ0v) is 16.9. The van der Waals surface area contributed by atoms with Crippen molar-refractivity contribution in [2.75, 3.05) is 31.1 Å². The van der Waals surface area contributed by atoms with Crippen molar-refractivity contribution in [1.82, 2.24) is 9.88 Å². The Labute approximate surface area is 182 Å². The molecule has 1 aromatic carbocycles. The molecule has 124 valence electrons. The Morgan fingerprint density at radius 3 is 2.62 bits per heavy atom. The number of nitrogens with zero attached hydrogens (tertiary/aromatic N) is 2. The number of aromatic carboxylic acids is 1. The Morgan fingerprint density at radius 2 is 2.04 bits per heavy atom. The number of piperazine rings is 1. The minimum absolute atomic E-state index is 0. The Morgan fingerprint density at radius 1 is 1.38 bits per heavy atom. The van der Waals surface area contributed by atoms with Gasteiger partial charge in [0, 0.05) is 44.3 Å². The third-order valence-corrected chi connectivity index (χ3v) is 4.18. The molecule has 1 aromatic heterocycles. The van der Waals surface area contributed by atoms with Crippen LogP contribution >= 0.6 is 0 Å². The van der Waals surface area contributed by atoms with Gasteiger partial charge >= 0.3 is 57.4 Å². The topological polar surface area (TPSA) is 74.6 Å². The minimum atomic E-state index is -1.30. The molecule has 0 amide bonds. The van der Waals surface area contributed by atoms with Gasteiger partial charge in [-0.25, -0.2) is 9.18 Å². The van der Waals surface area contributed by atoms with Crippen molar-refractivity contribution in [3.8, 4) is 0 Å². The first-order valence-corrected chi connectivity index (χ1v) is 7.58. The van der Waals surface area contributed by atoms with E-state index in [2.05, 4.69) is 5.32 Å². The smallest absolute Gasteiger partial charge is 1.00 e. The molecule has 8 heteroatoms. The first-order valence-electron chi connectivity index (χ1n) is 7.58. The summed E-state index contributed by atoms with van der Waals surface area (Å²) in [5, 5.41) is 12.5. The van der Waals surface area contributed by atoms with Crippen LogP contribution in [0.5, 0.6) is 0 Å². The van der Waals surface area contributed by atoms with Gasteiger partial charge in [-0.15, -0.1) is 0 Å². The molecule has 2 N–H and O–H groups in total. The van der Waals surface area contributed by atoms with E-state index in [-0.39, 0.29) is 63.8 Å². The van der Waals surface area contributed by atoms with Crippen LogP contribution in [0.1, 0.15) is 18.7 Å². The molecular formula is C16H19FKN3O3. The Balaban J connectivity index is 0.00000156. The minimum Gasteiger partial charge on any atom is -1.00 e. The number of aryl methyl sites for hydroxylation is 1. The summed E-state index contributed by atoms with van der Waals surface area (Å²) in [6.07, 6.45) is 1.33. The van der Waals surface area contributed by atoms with Gasteiger partial charge in [-0.05, 0) is 19.1 Å². The van der Waals surface area contributed by atoms with E-state index in [1.807, 2.05) is 11.8 Å². The van der Waals surface area contributed by atoms with Crippen LogP contribution in [-0.2, 0) is 6.54 Å². The van der Waals surface area contributed by atoms with E-state index >= 15 is 0 Å². The summed E-state index contributed by atoms with van der Waals surface area (Å²) in [5.74, 6) is -1.80. The molecule has 2 heterocycles. The van der Waals surface area contributed by atoms with Crippen LogP contribution in [0.25, 0.3) is 10.9 Å². The SMILES string of the molecule is CCn1cc(C(=O)O)c(=O)c2cc(F)c(N3CCNCC3)cc21.[H-].[K+]. The van der Waals surface area contributed by atoms with Crippen molar-refractivity contribution in [1.29, 1.82) is 0 Å². The second kappa shape index (κ2) is 8.07. The first kappa shape index (κ1) is 19.5. The summed E-state index contributed by atoms with van der Waals surface area (Å²) >= 11 is 0. The fourth-order valence-electron chi connectivity index (χ4n) is 2.96. The zero-order valence-electron chi connectivity index (χ0n) is 14.8. The summed E-state index contributed by atoms with van der Waals surface area (Å²) in [6.45, 7) is 5.26. The maximum atomic E-state index is 14.5. The van der Waals surface area contributed by atoms with E-state index in [4.69, 9.17) is 5.11 Å². The summed E-state index contributed by atoms with van der Waals surface area (Å²) in [7, 11) is 0. The van der Waals surface area contributed by atoms with Crippen LogP contribution in [0.3, 0.4) is 0 Å². The summed E-state index contributed by atoms with van der Waals surface area (Å²) in [4.78, 5) is 25.4. The molecule has 0 aliphatic carbocycles. The molecule has 6 nitrogen and oxygen atoms in total. The van der Waals surface area contributed by atoms with Gasteiger partial charge in [-0.2, -0.15) is 0 Å². The molecule has 3 rings (SSSR count). The molecule has 24 heavy (non-hydrogen) atoms. The number of aromatic nitrogens is 1. The first-order chi connectivity index (χ1) is 11.0. The van der Waals surface area contributed by atoms with Gasteiger partial charge in [0.2, 0.25) is 5.43 Å².